The molecule has 0 amide bonds. The van der Waals surface area contributed by atoms with Gasteiger partial charge in [0, 0.05) is 5.56 Å². The predicted octanol–water partition coefficient (Wildman–Crippen LogP) is 2.58. The van der Waals surface area contributed by atoms with Crippen LogP contribution in [0.5, 0.6) is 0 Å². The number of carbonyl (C=O) groups is 1. The molecular formula is C7H3F3INO. The second-order valence-electron chi connectivity index (χ2n) is 2.15. The van der Waals surface area contributed by atoms with Crippen molar-refractivity contribution in [3.63, 3.8) is 0 Å². The van der Waals surface area contributed by atoms with E-state index in [-0.39, 0.29) is 9.99 Å². The average Bonchev–Trinajstić information content (AvgIpc) is 2.08. The maximum Gasteiger partial charge on any atom is 0.281 e. The van der Waals surface area contributed by atoms with Crippen LogP contribution in [-0.4, -0.2) is 11.3 Å². The second kappa shape index (κ2) is 4.03. The number of pyridine rings is 1. The van der Waals surface area contributed by atoms with Gasteiger partial charge in [-0.25, -0.2) is 18.2 Å². The molecule has 1 aromatic rings. The van der Waals surface area contributed by atoms with Crippen LogP contribution in [0.4, 0.5) is 13.2 Å². The summed E-state index contributed by atoms with van der Waals surface area (Å²) in [5.41, 5.74) is -1.09. The first-order valence-electron chi connectivity index (χ1n) is 3.15. The monoisotopic (exact) mass is 301 g/mol. The Labute approximate surface area is 85.3 Å². The number of hydrogen-bond acceptors (Lipinski definition) is 2. The zero-order chi connectivity index (χ0) is 10.0. The van der Waals surface area contributed by atoms with Gasteiger partial charge in [0.25, 0.3) is 6.43 Å². The molecule has 0 aliphatic rings. The Morgan fingerprint density at radius 3 is 2.62 bits per heavy atom. The number of nitrogens with zero attached hydrogens (tertiary/aromatic N) is 1. The first-order valence-corrected chi connectivity index (χ1v) is 4.23. The Hall–Kier alpha value is -0.660. The van der Waals surface area contributed by atoms with Gasteiger partial charge in [0.15, 0.2) is 12.1 Å². The molecule has 1 heterocycles. The zero-order valence-corrected chi connectivity index (χ0v) is 8.26. The van der Waals surface area contributed by atoms with Crippen molar-refractivity contribution in [1.82, 2.24) is 4.98 Å². The largest absolute Gasteiger partial charge is 0.298 e. The van der Waals surface area contributed by atoms with Crippen molar-refractivity contribution in [3.05, 3.63) is 26.8 Å². The van der Waals surface area contributed by atoms with E-state index in [2.05, 4.69) is 4.98 Å². The highest BCUT2D eigenvalue weighted by atomic mass is 127. The molecule has 0 N–H and O–H groups in total. The van der Waals surface area contributed by atoms with Crippen LogP contribution in [0.15, 0.2) is 6.07 Å². The lowest BCUT2D eigenvalue weighted by molar-refractivity contribution is 0.110. The van der Waals surface area contributed by atoms with Crippen LogP contribution >= 0.6 is 22.6 Å². The molecule has 0 unspecified atom stereocenters. The van der Waals surface area contributed by atoms with Crippen molar-refractivity contribution in [2.45, 2.75) is 6.43 Å². The molecule has 0 saturated heterocycles. The number of alkyl halides is 2. The van der Waals surface area contributed by atoms with Crippen LogP contribution in [0.25, 0.3) is 0 Å². The Kier molecular flexibility index (Phi) is 3.23. The van der Waals surface area contributed by atoms with E-state index in [1.165, 1.54) is 22.6 Å². The molecular weight excluding hydrogens is 298 g/mol. The number of rotatable bonds is 2. The summed E-state index contributed by atoms with van der Waals surface area (Å²) in [5.74, 6) is -0.771. The van der Waals surface area contributed by atoms with Gasteiger partial charge in [-0.2, -0.15) is 0 Å². The van der Waals surface area contributed by atoms with Crippen molar-refractivity contribution in [1.29, 1.82) is 0 Å². The summed E-state index contributed by atoms with van der Waals surface area (Å²) in [6, 6.07) is 0.753. The molecule has 0 atom stereocenters. The first-order chi connectivity index (χ1) is 6.06. The summed E-state index contributed by atoms with van der Waals surface area (Å²) in [4.78, 5) is 13.5. The highest BCUT2D eigenvalue weighted by molar-refractivity contribution is 14.1. The minimum absolute atomic E-state index is 0.160. The third-order valence-electron chi connectivity index (χ3n) is 1.33. The van der Waals surface area contributed by atoms with Gasteiger partial charge in [0.05, 0.1) is 0 Å². The molecule has 1 aromatic heterocycles. The van der Waals surface area contributed by atoms with E-state index in [1.54, 1.807) is 0 Å². The first kappa shape index (κ1) is 10.4. The molecule has 0 saturated carbocycles. The van der Waals surface area contributed by atoms with Crippen LogP contribution in [0, 0.1) is 9.52 Å². The normalized spacial score (nSPS) is 10.5. The van der Waals surface area contributed by atoms with Gasteiger partial charge in [0.2, 0.25) is 0 Å². The summed E-state index contributed by atoms with van der Waals surface area (Å²) >= 11 is 1.48. The lowest BCUT2D eigenvalue weighted by Crippen LogP contribution is -2.01. The lowest BCUT2D eigenvalue weighted by atomic mass is 10.2. The predicted molar refractivity (Wildman–Crippen MR) is 47.3 cm³/mol. The van der Waals surface area contributed by atoms with Gasteiger partial charge in [0.1, 0.15) is 9.39 Å². The van der Waals surface area contributed by atoms with Crippen LogP contribution < -0.4 is 0 Å². The van der Waals surface area contributed by atoms with E-state index in [9.17, 15) is 18.0 Å². The maximum atomic E-state index is 12.7. The highest BCUT2D eigenvalue weighted by Crippen LogP contribution is 2.22. The van der Waals surface area contributed by atoms with E-state index in [0.717, 1.165) is 6.07 Å². The van der Waals surface area contributed by atoms with Gasteiger partial charge in [-0.3, -0.25) is 4.79 Å². The fraction of sp³-hybridized carbons (Fsp3) is 0.143. The van der Waals surface area contributed by atoms with E-state index < -0.39 is 23.5 Å². The molecule has 70 valence electrons. The van der Waals surface area contributed by atoms with Crippen molar-refractivity contribution >= 4 is 28.9 Å². The quantitative estimate of drug-likeness (QED) is 0.477. The number of hydrogen-bond donors (Lipinski definition) is 0. The third-order valence-corrected chi connectivity index (χ3v) is 2.08. The van der Waals surface area contributed by atoms with Gasteiger partial charge >= 0.3 is 0 Å². The van der Waals surface area contributed by atoms with Crippen LogP contribution in [-0.2, 0) is 0 Å². The Morgan fingerprint density at radius 2 is 2.15 bits per heavy atom. The minimum Gasteiger partial charge on any atom is -0.298 e. The molecule has 1 rings (SSSR count). The molecule has 0 bridgehead atoms. The summed E-state index contributed by atoms with van der Waals surface area (Å²) in [6.45, 7) is 0. The maximum absolute atomic E-state index is 12.7. The van der Waals surface area contributed by atoms with Gasteiger partial charge in [-0.15, -0.1) is 0 Å². The number of halogens is 4. The lowest BCUT2D eigenvalue weighted by Gasteiger charge is -2.03. The van der Waals surface area contributed by atoms with E-state index in [1.807, 2.05) is 0 Å². The molecule has 0 aliphatic heterocycles. The molecule has 0 fully saturated rings. The Balaban J connectivity index is 3.32. The van der Waals surface area contributed by atoms with Crippen molar-refractivity contribution in [2.75, 3.05) is 0 Å². The van der Waals surface area contributed by atoms with E-state index in [4.69, 9.17) is 0 Å². The molecule has 0 radical (unpaired) electrons. The average molecular weight is 301 g/mol. The fourth-order valence-corrected chi connectivity index (χ4v) is 1.18. The van der Waals surface area contributed by atoms with Gasteiger partial charge < -0.3 is 0 Å². The van der Waals surface area contributed by atoms with Crippen molar-refractivity contribution < 1.29 is 18.0 Å². The van der Waals surface area contributed by atoms with Crippen molar-refractivity contribution in [2.24, 2.45) is 0 Å². The molecule has 6 heteroatoms. The molecule has 13 heavy (non-hydrogen) atoms. The summed E-state index contributed by atoms with van der Waals surface area (Å²) < 4.78 is 36.9. The fourth-order valence-electron chi connectivity index (χ4n) is 0.763. The smallest absolute Gasteiger partial charge is 0.281 e. The number of carbonyl (C=O) groups excluding carboxylic acids is 1. The Morgan fingerprint density at radius 1 is 1.54 bits per heavy atom. The van der Waals surface area contributed by atoms with Gasteiger partial charge in [-0.05, 0) is 28.7 Å². The SMILES string of the molecule is O=Cc1cc(F)c(I)nc1C(F)F. The van der Waals surface area contributed by atoms with E-state index >= 15 is 0 Å². The van der Waals surface area contributed by atoms with E-state index in [0.29, 0.717) is 0 Å². The van der Waals surface area contributed by atoms with Crippen LogP contribution in [0.2, 0.25) is 0 Å². The number of aldehydes is 1. The summed E-state index contributed by atoms with van der Waals surface area (Å²) in [6.07, 6.45) is -2.71. The summed E-state index contributed by atoms with van der Waals surface area (Å²) in [7, 11) is 0. The number of aromatic nitrogens is 1. The van der Waals surface area contributed by atoms with Crippen LogP contribution in [0.3, 0.4) is 0 Å². The second-order valence-corrected chi connectivity index (χ2v) is 3.18. The molecule has 0 aromatic carbocycles. The summed E-state index contributed by atoms with van der Waals surface area (Å²) in [5, 5.41) is 0. The zero-order valence-electron chi connectivity index (χ0n) is 6.10. The van der Waals surface area contributed by atoms with Crippen LogP contribution in [0.1, 0.15) is 22.5 Å². The standard InChI is InChI=1S/C7H3F3INO/c8-4-1-3(2-13)5(6(9)10)12-7(4)11/h1-2,6H. The minimum atomic E-state index is -2.87. The topological polar surface area (TPSA) is 30.0 Å². The van der Waals surface area contributed by atoms with Gasteiger partial charge in [-0.1, -0.05) is 0 Å². The molecule has 2 nitrogen and oxygen atoms in total. The highest BCUT2D eigenvalue weighted by Gasteiger charge is 2.17. The molecule has 0 aliphatic carbocycles. The molecule has 0 spiro atoms. The van der Waals surface area contributed by atoms with Crippen molar-refractivity contribution in [3.8, 4) is 0 Å². The third kappa shape index (κ3) is 2.17. The Bertz CT molecular complexity index is 343.